The van der Waals surface area contributed by atoms with Gasteiger partial charge in [0.05, 0.1) is 26.4 Å². The van der Waals surface area contributed by atoms with E-state index in [4.69, 9.17) is 9.47 Å². The first kappa shape index (κ1) is 16.2. The monoisotopic (exact) mass is 285 g/mol. The molecule has 0 bridgehead atoms. The molecule has 2 rings (SSSR count). The number of hydrogen-bond donors (Lipinski definition) is 2. The van der Waals surface area contributed by atoms with Crippen LogP contribution in [0.4, 0.5) is 0 Å². The Morgan fingerprint density at radius 3 is 2.65 bits per heavy atom. The van der Waals surface area contributed by atoms with E-state index in [0.29, 0.717) is 12.1 Å². The van der Waals surface area contributed by atoms with E-state index in [0.717, 1.165) is 59.0 Å². The quantitative estimate of drug-likeness (QED) is 0.742. The van der Waals surface area contributed by atoms with Crippen molar-refractivity contribution in [2.24, 2.45) is 0 Å². The Morgan fingerprint density at radius 2 is 2.00 bits per heavy atom. The van der Waals surface area contributed by atoms with Crippen molar-refractivity contribution in [1.82, 2.24) is 15.5 Å². The Morgan fingerprint density at radius 1 is 1.25 bits per heavy atom. The van der Waals surface area contributed by atoms with Crippen molar-refractivity contribution in [1.29, 1.82) is 0 Å². The largest absolute Gasteiger partial charge is 0.379 e. The number of ether oxygens (including phenoxy) is 2. The molecule has 2 atom stereocenters. The lowest BCUT2D eigenvalue weighted by atomic mass is 10.0. The summed E-state index contributed by atoms with van der Waals surface area (Å²) in [5.41, 5.74) is 0.189. The van der Waals surface area contributed by atoms with Gasteiger partial charge in [-0.25, -0.2) is 0 Å². The summed E-state index contributed by atoms with van der Waals surface area (Å²) in [5, 5.41) is 7.21. The van der Waals surface area contributed by atoms with Crippen molar-refractivity contribution >= 4 is 0 Å². The number of rotatable bonds is 6. The topological polar surface area (TPSA) is 45.8 Å². The normalized spacial score (nSPS) is 27.4. The fourth-order valence-corrected chi connectivity index (χ4v) is 2.99. The van der Waals surface area contributed by atoms with E-state index in [2.05, 4.69) is 36.3 Å². The van der Waals surface area contributed by atoms with Gasteiger partial charge in [-0.15, -0.1) is 0 Å². The molecule has 2 N–H and O–H groups in total. The van der Waals surface area contributed by atoms with E-state index < -0.39 is 0 Å². The summed E-state index contributed by atoms with van der Waals surface area (Å²) in [6.07, 6.45) is 1.12. The van der Waals surface area contributed by atoms with Crippen LogP contribution in [0.1, 0.15) is 27.2 Å². The fourth-order valence-electron chi connectivity index (χ4n) is 2.99. The minimum Gasteiger partial charge on any atom is -0.379 e. The van der Waals surface area contributed by atoms with Crippen molar-refractivity contribution in [3.63, 3.8) is 0 Å². The lowest BCUT2D eigenvalue weighted by Crippen LogP contribution is -2.56. The Kier molecular flexibility index (Phi) is 6.23. The summed E-state index contributed by atoms with van der Waals surface area (Å²) in [4.78, 5) is 2.53. The molecule has 0 aromatic rings. The van der Waals surface area contributed by atoms with E-state index in [1.54, 1.807) is 0 Å². The van der Waals surface area contributed by atoms with Crippen LogP contribution in [0.5, 0.6) is 0 Å². The highest BCUT2D eigenvalue weighted by atomic mass is 16.5. The first-order valence-electron chi connectivity index (χ1n) is 7.95. The lowest BCUT2D eigenvalue weighted by Gasteiger charge is -2.41. The Balaban J connectivity index is 1.69. The van der Waals surface area contributed by atoms with Gasteiger partial charge >= 0.3 is 0 Å². The van der Waals surface area contributed by atoms with Crippen LogP contribution in [0, 0.1) is 0 Å². The van der Waals surface area contributed by atoms with E-state index in [1.165, 1.54) is 0 Å². The summed E-state index contributed by atoms with van der Waals surface area (Å²) >= 11 is 0. The molecule has 5 nitrogen and oxygen atoms in total. The maximum absolute atomic E-state index is 5.51. The highest BCUT2D eigenvalue weighted by Crippen LogP contribution is 2.15. The minimum atomic E-state index is 0.189. The molecule has 0 aromatic heterocycles. The van der Waals surface area contributed by atoms with Gasteiger partial charge in [-0.1, -0.05) is 0 Å². The van der Waals surface area contributed by atoms with Crippen molar-refractivity contribution in [2.75, 3.05) is 52.6 Å². The third kappa shape index (κ3) is 4.97. The van der Waals surface area contributed by atoms with E-state index in [9.17, 15) is 0 Å². The van der Waals surface area contributed by atoms with Gasteiger partial charge in [-0.05, 0) is 27.2 Å². The Bertz CT molecular complexity index is 274. The summed E-state index contributed by atoms with van der Waals surface area (Å²) in [6, 6.07) is 1.01. The number of nitrogens with zero attached hydrogens (tertiary/aromatic N) is 1. The minimum absolute atomic E-state index is 0.189. The highest BCUT2D eigenvalue weighted by molar-refractivity contribution is 4.87. The second kappa shape index (κ2) is 7.71. The Hall–Kier alpha value is -0.200. The average Bonchev–Trinajstić information content (AvgIpc) is 2.47. The van der Waals surface area contributed by atoms with E-state index in [-0.39, 0.29) is 5.54 Å². The molecule has 0 saturated carbocycles. The molecule has 0 amide bonds. The van der Waals surface area contributed by atoms with Crippen LogP contribution in [-0.4, -0.2) is 75.1 Å². The van der Waals surface area contributed by atoms with Gasteiger partial charge in [-0.3, -0.25) is 4.90 Å². The highest BCUT2D eigenvalue weighted by Gasteiger charge is 2.28. The summed E-state index contributed by atoms with van der Waals surface area (Å²) in [5.74, 6) is 0. The molecule has 2 aliphatic heterocycles. The average molecular weight is 285 g/mol. The van der Waals surface area contributed by atoms with Gasteiger partial charge in [0.1, 0.15) is 0 Å². The van der Waals surface area contributed by atoms with Crippen LogP contribution in [0.15, 0.2) is 0 Å². The zero-order chi connectivity index (χ0) is 14.4. The second-order valence-electron chi connectivity index (χ2n) is 6.66. The zero-order valence-electron chi connectivity index (χ0n) is 13.3. The van der Waals surface area contributed by atoms with Gasteiger partial charge in [0, 0.05) is 43.8 Å². The number of nitrogens with one attached hydrogen (secondary N) is 2. The third-order valence-electron chi connectivity index (χ3n) is 4.39. The molecule has 2 saturated heterocycles. The summed E-state index contributed by atoms with van der Waals surface area (Å²) < 4.78 is 10.9. The van der Waals surface area contributed by atoms with E-state index >= 15 is 0 Å². The second-order valence-corrected chi connectivity index (χ2v) is 6.66. The van der Waals surface area contributed by atoms with Crippen LogP contribution in [0.2, 0.25) is 0 Å². The molecule has 2 heterocycles. The fraction of sp³-hybridized carbons (Fsp3) is 1.00. The summed E-state index contributed by atoms with van der Waals surface area (Å²) in [7, 11) is 0. The van der Waals surface area contributed by atoms with Gasteiger partial charge < -0.3 is 20.1 Å². The molecule has 0 aromatic carbocycles. The van der Waals surface area contributed by atoms with Crippen LogP contribution >= 0.6 is 0 Å². The maximum Gasteiger partial charge on any atom is 0.0620 e. The predicted molar refractivity (Wildman–Crippen MR) is 81.2 cm³/mol. The van der Waals surface area contributed by atoms with Crippen molar-refractivity contribution in [3.05, 3.63) is 0 Å². The molecule has 20 heavy (non-hydrogen) atoms. The molecule has 118 valence electrons. The molecule has 0 aliphatic carbocycles. The number of hydrogen-bond acceptors (Lipinski definition) is 5. The first-order chi connectivity index (χ1) is 9.58. The van der Waals surface area contributed by atoms with Crippen molar-refractivity contribution < 1.29 is 9.47 Å². The predicted octanol–water partition coefficient (Wildman–Crippen LogP) is 0.454. The van der Waals surface area contributed by atoms with E-state index in [1.807, 2.05) is 0 Å². The Labute approximate surface area is 123 Å². The van der Waals surface area contributed by atoms with Crippen LogP contribution in [-0.2, 0) is 9.47 Å². The van der Waals surface area contributed by atoms with Crippen LogP contribution in [0.25, 0.3) is 0 Å². The smallest absolute Gasteiger partial charge is 0.0620 e. The zero-order valence-corrected chi connectivity index (χ0v) is 13.3. The van der Waals surface area contributed by atoms with Crippen LogP contribution in [0.3, 0.4) is 0 Å². The lowest BCUT2D eigenvalue weighted by molar-refractivity contribution is -0.0105. The van der Waals surface area contributed by atoms with Gasteiger partial charge in [0.15, 0.2) is 0 Å². The van der Waals surface area contributed by atoms with Crippen molar-refractivity contribution in [3.8, 4) is 0 Å². The third-order valence-corrected chi connectivity index (χ3v) is 4.39. The molecular formula is C15H31N3O2. The first-order valence-corrected chi connectivity index (χ1v) is 7.95. The molecule has 0 radical (unpaired) electrons. The van der Waals surface area contributed by atoms with Crippen LogP contribution < -0.4 is 10.6 Å². The molecule has 0 spiro atoms. The number of morpholine rings is 2. The molecule has 5 heteroatoms. The molecular weight excluding hydrogens is 254 g/mol. The standard InChI is InChI=1S/C15H31N3O2/c1-13(10-14-11-20-7-4-16-14)17-12-15(2,3)18-5-8-19-9-6-18/h13-14,16-17H,4-12H2,1-3H3. The SMILES string of the molecule is CC(CC1COCCN1)NCC(C)(C)N1CCOCC1. The summed E-state index contributed by atoms with van der Waals surface area (Å²) in [6.45, 7) is 14.4. The maximum atomic E-state index is 5.51. The van der Waals surface area contributed by atoms with Crippen molar-refractivity contribution in [2.45, 2.75) is 44.8 Å². The van der Waals surface area contributed by atoms with Gasteiger partial charge in [0.25, 0.3) is 0 Å². The molecule has 2 unspecified atom stereocenters. The van der Waals surface area contributed by atoms with Gasteiger partial charge in [-0.2, -0.15) is 0 Å². The molecule has 2 aliphatic rings. The molecule has 2 fully saturated rings. The van der Waals surface area contributed by atoms with Gasteiger partial charge in [0.2, 0.25) is 0 Å².